The van der Waals surface area contributed by atoms with Crippen LogP contribution in [0.4, 0.5) is 5.69 Å². The molecule has 2 atom stereocenters. The van der Waals surface area contributed by atoms with Crippen molar-refractivity contribution in [3.63, 3.8) is 0 Å². The van der Waals surface area contributed by atoms with Crippen molar-refractivity contribution in [3.8, 4) is 0 Å². The van der Waals surface area contributed by atoms with E-state index < -0.39 is 0 Å². The van der Waals surface area contributed by atoms with Crippen LogP contribution in [-0.4, -0.2) is 38.1 Å². The van der Waals surface area contributed by atoms with Crippen LogP contribution in [0.3, 0.4) is 0 Å². The van der Waals surface area contributed by atoms with E-state index in [1.54, 1.807) is 0 Å². The molecule has 1 fully saturated rings. The van der Waals surface area contributed by atoms with Gasteiger partial charge >= 0.3 is 0 Å². The summed E-state index contributed by atoms with van der Waals surface area (Å²) >= 11 is 6.34. The second-order valence-corrected chi connectivity index (χ2v) is 6.15. The molecule has 1 aliphatic heterocycles. The van der Waals surface area contributed by atoms with Crippen molar-refractivity contribution >= 4 is 17.3 Å². The Kier molecular flexibility index (Phi) is 4.71. The molecule has 1 aromatic carbocycles. The zero-order valence-electron chi connectivity index (χ0n) is 12.1. The lowest BCUT2D eigenvalue weighted by Gasteiger charge is -2.29. The molecule has 1 heterocycles. The monoisotopic (exact) mass is 281 g/mol. The van der Waals surface area contributed by atoms with Gasteiger partial charge in [-0.3, -0.25) is 0 Å². The number of nitrogens with zero attached hydrogens (tertiary/aromatic N) is 2. The minimum atomic E-state index is -0.0160. The first kappa shape index (κ1) is 14.6. The van der Waals surface area contributed by atoms with Gasteiger partial charge in [0.1, 0.15) is 0 Å². The highest BCUT2D eigenvalue weighted by Gasteiger charge is 2.25. The molecule has 19 heavy (non-hydrogen) atoms. The standard InChI is InChI=1S/C15H24ClN3/c1-11(17)14-7-6-12(9-15(14)16)19-8-4-5-13(19)10-18(2)3/h6-7,9,11,13H,4-5,8,10,17H2,1-3H3. The van der Waals surface area contributed by atoms with Crippen LogP contribution in [0.5, 0.6) is 0 Å². The molecule has 4 heteroatoms. The van der Waals surface area contributed by atoms with Crippen LogP contribution in [0.25, 0.3) is 0 Å². The molecule has 0 bridgehead atoms. The van der Waals surface area contributed by atoms with Gasteiger partial charge in [-0.1, -0.05) is 17.7 Å². The van der Waals surface area contributed by atoms with E-state index in [4.69, 9.17) is 17.3 Å². The number of halogens is 1. The van der Waals surface area contributed by atoms with Crippen molar-refractivity contribution < 1.29 is 0 Å². The lowest BCUT2D eigenvalue weighted by atomic mass is 10.1. The normalized spacial score (nSPS) is 21.2. The number of likely N-dealkylation sites (N-methyl/N-ethyl adjacent to an activating group) is 1. The molecule has 2 unspecified atom stereocenters. The van der Waals surface area contributed by atoms with Crippen LogP contribution in [0.1, 0.15) is 31.4 Å². The van der Waals surface area contributed by atoms with Crippen LogP contribution in [0.15, 0.2) is 18.2 Å². The van der Waals surface area contributed by atoms with E-state index in [1.807, 2.05) is 6.92 Å². The predicted octanol–water partition coefficient (Wildman–Crippen LogP) is 2.89. The molecular formula is C15H24ClN3. The maximum absolute atomic E-state index is 6.34. The molecule has 0 spiro atoms. The Labute approximate surface area is 121 Å². The van der Waals surface area contributed by atoms with E-state index in [9.17, 15) is 0 Å². The van der Waals surface area contributed by atoms with E-state index >= 15 is 0 Å². The van der Waals surface area contributed by atoms with E-state index in [-0.39, 0.29) is 6.04 Å². The van der Waals surface area contributed by atoms with Crippen molar-refractivity contribution in [1.82, 2.24) is 4.90 Å². The first-order valence-corrected chi connectivity index (χ1v) is 7.33. The number of rotatable bonds is 4. The predicted molar refractivity (Wildman–Crippen MR) is 83.0 cm³/mol. The molecule has 1 aromatic rings. The van der Waals surface area contributed by atoms with Crippen molar-refractivity contribution in [1.29, 1.82) is 0 Å². The van der Waals surface area contributed by atoms with E-state index in [1.165, 1.54) is 18.5 Å². The Morgan fingerprint density at radius 3 is 2.79 bits per heavy atom. The fraction of sp³-hybridized carbons (Fsp3) is 0.600. The van der Waals surface area contributed by atoms with Crippen LogP contribution >= 0.6 is 11.6 Å². The molecular weight excluding hydrogens is 258 g/mol. The summed E-state index contributed by atoms with van der Waals surface area (Å²) < 4.78 is 0. The average molecular weight is 282 g/mol. The Bertz CT molecular complexity index is 431. The second-order valence-electron chi connectivity index (χ2n) is 5.75. The summed E-state index contributed by atoms with van der Waals surface area (Å²) in [5, 5.41) is 0.781. The molecule has 0 saturated carbocycles. The molecule has 3 nitrogen and oxygen atoms in total. The molecule has 1 saturated heterocycles. The molecule has 0 amide bonds. The van der Waals surface area contributed by atoms with E-state index in [0.29, 0.717) is 6.04 Å². The topological polar surface area (TPSA) is 32.5 Å². The third-order valence-electron chi connectivity index (χ3n) is 3.76. The Hall–Kier alpha value is -0.770. The van der Waals surface area contributed by atoms with Gasteiger partial charge in [0.25, 0.3) is 0 Å². The summed E-state index contributed by atoms with van der Waals surface area (Å²) in [5.74, 6) is 0. The van der Waals surface area contributed by atoms with Crippen LogP contribution < -0.4 is 10.6 Å². The summed E-state index contributed by atoms with van der Waals surface area (Å²) in [7, 11) is 4.26. The number of anilines is 1. The summed E-state index contributed by atoms with van der Waals surface area (Å²) in [5.41, 5.74) is 8.15. The third kappa shape index (κ3) is 3.41. The molecule has 0 aromatic heterocycles. The number of hydrogen-bond acceptors (Lipinski definition) is 3. The zero-order chi connectivity index (χ0) is 14.0. The van der Waals surface area contributed by atoms with Crippen molar-refractivity contribution in [2.75, 3.05) is 32.1 Å². The molecule has 0 aliphatic carbocycles. The Morgan fingerprint density at radius 1 is 1.47 bits per heavy atom. The van der Waals surface area contributed by atoms with Gasteiger partial charge in [0.15, 0.2) is 0 Å². The Balaban J connectivity index is 2.19. The maximum Gasteiger partial charge on any atom is 0.0474 e. The highest BCUT2D eigenvalue weighted by molar-refractivity contribution is 6.31. The van der Waals surface area contributed by atoms with Crippen LogP contribution in [0, 0.1) is 0 Å². The number of benzene rings is 1. The molecule has 2 N–H and O–H groups in total. The van der Waals surface area contributed by atoms with Gasteiger partial charge in [-0.2, -0.15) is 0 Å². The smallest absolute Gasteiger partial charge is 0.0474 e. The Morgan fingerprint density at radius 2 is 2.21 bits per heavy atom. The SMILES string of the molecule is CC(N)c1ccc(N2CCCC2CN(C)C)cc1Cl. The summed E-state index contributed by atoms with van der Waals surface area (Å²) in [6, 6.07) is 6.85. The first-order valence-electron chi connectivity index (χ1n) is 6.95. The van der Waals surface area contributed by atoms with Crippen molar-refractivity contribution in [2.45, 2.75) is 31.8 Å². The summed E-state index contributed by atoms with van der Waals surface area (Å²) in [4.78, 5) is 4.72. The van der Waals surface area contributed by atoms with Gasteiger partial charge in [-0.15, -0.1) is 0 Å². The van der Waals surface area contributed by atoms with Crippen LogP contribution in [0.2, 0.25) is 5.02 Å². The van der Waals surface area contributed by atoms with Crippen molar-refractivity contribution in [2.24, 2.45) is 5.73 Å². The van der Waals surface area contributed by atoms with Gasteiger partial charge in [-0.25, -0.2) is 0 Å². The van der Waals surface area contributed by atoms with Crippen LogP contribution in [-0.2, 0) is 0 Å². The lowest BCUT2D eigenvalue weighted by molar-refractivity contribution is 0.372. The zero-order valence-corrected chi connectivity index (χ0v) is 12.8. The summed E-state index contributed by atoms with van der Waals surface area (Å²) in [6.45, 7) is 4.17. The molecule has 2 rings (SSSR count). The number of hydrogen-bond donors (Lipinski definition) is 1. The second kappa shape index (κ2) is 6.12. The van der Waals surface area contributed by atoms with E-state index in [0.717, 1.165) is 23.7 Å². The fourth-order valence-corrected chi connectivity index (χ4v) is 3.20. The third-order valence-corrected chi connectivity index (χ3v) is 4.09. The lowest BCUT2D eigenvalue weighted by Crippen LogP contribution is -2.37. The minimum absolute atomic E-state index is 0.0160. The fourth-order valence-electron chi connectivity index (χ4n) is 2.85. The van der Waals surface area contributed by atoms with Gasteiger partial charge < -0.3 is 15.5 Å². The number of nitrogens with two attached hydrogens (primary N) is 1. The van der Waals surface area contributed by atoms with Gasteiger partial charge in [0.2, 0.25) is 0 Å². The molecule has 1 aliphatic rings. The minimum Gasteiger partial charge on any atom is -0.367 e. The highest BCUT2D eigenvalue weighted by Crippen LogP contribution is 2.31. The van der Waals surface area contributed by atoms with Gasteiger partial charge in [0.05, 0.1) is 0 Å². The molecule has 0 radical (unpaired) electrons. The maximum atomic E-state index is 6.34. The first-order chi connectivity index (χ1) is 8.99. The van der Waals surface area contributed by atoms with Crippen molar-refractivity contribution in [3.05, 3.63) is 28.8 Å². The largest absolute Gasteiger partial charge is 0.367 e. The average Bonchev–Trinajstić information content (AvgIpc) is 2.75. The van der Waals surface area contributed by atoms with Gasteiger partial charge in [0, 0.05) is 35.9 Å². The van der Waals surface area contributed by atoms with Gasteiger partial charge in [-0.05, 0) is 51.6 Å². The molecule has 106 valence electrons. The quantitative estimate of drug-likeness (QED) is 0.921. The van der Waals surface area contributed by atoms with E-state index in [2.05, 4.69) is 42.1 Å². The highest BCUT2D eigenvalue weighted by atomic mass is 35.5. The summed E-state index contributed by atoms with van der Waals surface area (Å²) in [6.07, 6.45) is 2.51.